The van der Waals surface area contributed by atoms with E-state index < -0.39 is 40.1 Å². The first kappa shape index (κ1) is 41.4. The van der Waals surface area contributed by atoms with Crippen molar-refractivity contribution in [3.05, 3.63) is 177 Å². The van der Waals surface area contributed by atoms with E-state index in [0.717, 1.165) is 26.6 Å². The molecule has 0 radical (unpaired) electrons. The van der Waals surface area contributed by atoms with E-state index in [9.17, 15) is 23.1 Å². The van der Waals surface area contributed by atoms with Gasteiger partial charge in [-0.2, -0.15) is 9.57 Å². The summed E-state index contributed by atoms with van der Waals surface area (Å²) in [5.74, 6) is -0.498. The van der Waals surface area contributed by atoms with Crippen LogP contribution >= 0.6 is 23.2 Å². The number of rotatable bonds is 12. The third-order valence-corrected chi connectivity index (χ3v) is 13.3. The molecule has 2 heterocycles. The number of carboxylic acids is 1. The van der Waals surface area contributed by atoms with Crippen molar-refractivity contribution < 1.29 is 37.3 Å². The second-order valence-electron chi connectivity index (χ2n) is 14.7. The lowest BCUT2D eigenvalue weighted by Gasteiger charge is -2.36. The lowest BCUT2D eigenvalue weighted by molar-refractivity contribution is -0.142. The van der Waals surface area contributed by atoms with Gasteiger partial charge in [-0.1, -0.05) is 96.0 Å². The summed E-state index contributed by atoms with van der Waals surface area (Å²) >= 11 is 12.2. The predicted molar refractivity (Wildman–Crippen MR) is 229 cm³/mol. The van der Waals surface area contributed by atoms with Gasteiger partial charge in [-0.15, -0.1) is 0 Å². The van der Waals surface area contributed by atoms with Crippen LogP contribution in [-0.4, -0.2) is 48.4 Å². The second-order valence-corrected chi connectivity index (χ2v) is 17.4. The number of benzene rings is 6. The molecule has 0 bridgehead atoms. The summed E-state index contributed by atoms with van der Waals surface area (Å²) in [4.78, 5) is 26.7. The largest absolute Gasteiger partial charge is 0.489 e. The number of aliphatic carboxylic acids is 1. The van der Waals surface area contributed by atoms with Crippen molar-refractivity contribution >= 4 is 45.1 Å². The number of ether oxygens (including phenoxy) is 3. The maximum absolute atomic E-state index is 14.3. The van der Waals surface area contributed by atoms with Crippen molar-refractivity contribution in [2.45, 2.75) is 49.1 Å². The number of nitrogens with zero attached hydrogens (tertiary/aromatic N) is 2. The minimum Gasteiger partial charge on any atom is -0.489 e. The highest BCUT2D eigenvalue weighted by atomic mass is 35.5. The number of nitrogens with one attached hydrogen (secondary N) is 1. The number of nitriles is 1. The van der Waals surface area contributed by atoms with Crippen molar-refractivity contribution in [3.63, 3.8) is 0 Å². The van der Waals surface area contributed by atoms with Crippen LogP contribution in [0.2, 0.25) is 10.0 Å². The number of sulfonamides is 1. The number of fused-ring (bicyclic) bond motifs is 2. The Bertz CT molecular complexity index is 2750. The Balaban J connectivity index is 0.993. The zero-order valence-electron chi connectivity index (χ0n) is 32.3. The normalized spacial score (nSPS) is 16.4. The molecule has 8 rings (SSSR count). The van der Waals surface area contributed by atoms with Gasteiger partial charge in [0.2, 0.25) is 15.9 Å². The van der Waals surface area contributed by atoms with Gasteiger partial charge in [-0.05, 0) is 106 Å². The molecule has 0 aromatic heterocycles. The molecular formula is C47H37Cl2N3O8S. The van der Waals surface area contributed by atoms with Crippen LogP contribution in [0.3, 0.4) is 0 Å². The number of carbonyl (C=O) groups excluding carboxylic acids is 1. The summed E-state index contributed by atoms with van der Waals surface area (Å²) < 4.78 is 48.2. The standard InChI is InChI=1S/C47H37Cl2N3O8S/c48-39-19-10-31(20-40(39)49)27-58-37-17-15-34(16-18-37)45-28-59-43-23-35-22-42(52(26-36(35)24-44(43)60-45)61(56,57)38-4-2-1-3-5-38)46(53)51-41(47(54)55)21-29-6-11-32(12-7-29)33-13-8-30(25-50)9-14-33/h1-20,23-24,41-42,45H,21-22,26-28H2,(H,51,53)(H,54,55)/t41?,42-,45+/m0/s1. The van der Waals surface area contributed by atoms with Gasteiger partial charge >= 0.3 is 5.97 Å². The molecule has 1 unspecified atom stereocenters. The highest BCUT2D eigenvalue weighted by molar-refractivity contribution is 7.89. The smallest absolute Gasteiger partial charge is 0.326 e. The molecule has 0 aliphatic carbocycles. The van der Waals surface area contributed by atoms with Crippen LogP contribution in [0, 0.1) is 11.3 Å². The monoisotopic (exact) mass is 873 g/mol. The van der Waals surface area contributed by atoms with Crippen molar-refractivity contribution in [1.29, 1.82) is 5.26 Å². The molecule has 0 fully saturated rings. The molecule has 2 N–H and O–H groups in total. The van der Waals surface area contributed by atoms with E-state index in [2.05, 4.69) is 11.4 Å². The van der Waals surface area contributed by atoms with Gasteiger partial charge in [0.25, 0.3) is 0 Å². The zero-order valence-corrected chi connectivity index (χ0v) is 34.7. The van der Waals surface area contributed by atoms with Gasteiger partial charge in [0.05, 0.1) is 26.6 Å². The van der Waals surface area contributed by atoms with Crippen molar-refractivity contribution in [3.8, 4) is 34.4 Å². The zero-order chi connectivity index (χ0) is 42.7. The van der Waals surface area contributed by atoms with Crippen LogP contribution in [0.4, 0.5) is 0 Å². The van der Waals surface area contributed by atoms with E-state index in [4.69, 9.17) is 42.7 Å². The fourth-order valence-electron chi connectivity index (χ4n) is 7.34. The van der Waals surface area contributed by atoms with Crippen LogP contribution in [-0.2, 0) is 45.6 Å². The van der Waals surface area contributed by atoms with Gasteiger partial charge in [-0.3, -0.25) is 4.79 Å². The molecule has 308 valence electrons. The average Bonchev–Trinajstić information content (AvgIpc) is 3.28. The van der Waals surface area contributed by atoms with Crippen LogP contribution in [0.25, 0.3) is 11.1 Å². The predicted octanol–water partition coefficient (Wildman–Crippen LogP) is 8.55. The molecule has 2 aliphatic rings. The SMILES string of the molecule is N#Cc1ccc(-c2ccc(CC(NC(=O)[C@@H]3Cc4cc5c(cc4CN3S(=O)(=O)c3ccccc3)O[C@@H](c3ccc(OCc4ccc(Cl)c(Cl)c4)cc3)CO5)C(=O)O)cc2)cc1. The average molecular weight is 875 g/mol. The van der Waals surface area contributed by atoms with E-state index in [1.54, 1.807) is 66.7 Å². The van der Waals surface area contributed by atoms with Crippen LogP contribution in [0.15, 0.2) is 138 Å². The summed E-state index contributed by atoms with van der Waals surface area (Å²) in [6, 6.07) is 37.9. The first-order valence-corrected chi connectivity index (χ1v) is 21.5. The minimum atomic E-state index is -4.24. The quantitative estimate of drug-likeness (QED) is 0.123. The molecule has 61 heavy (non-hydrogen) atoms. The molecule has 0 spiro atoms. The van der Waals surface area contributed by atoms with Gasteiger partial charge < -0.3 is 24.6 Å². The maximum Gasteiger partial charge on any atom is 0.326 e. The highest BCUT2D eigenvalue weighted by Crippen LogP contribution is 2.42. The van der Waals surface area contributed by atoms with Crippen LogP contribution in [0.1, 0.15) is 39.5 Å². The molecule has 0 saturated heterocycles. The molecule has 11 nitrogen and oxygen atoms in total. The van der Waals surface area contributed by atoms with E-state index in [1.807, 2.05) is 54.6 Å². The fraction of sp³-hybridized carbons (Fsp3) is 0.170. The Morgan fingerprint density at radius 2 is 1.51 bits per heavy atom. The molecule has 0 saturated carbocycles. The summed E-state index contributed by atoms with van der Waals surface area (Å²) in [5.41, 5.74) is 5.95. The summed E-state index contributed by atoms with van der Waals surface area (Å²) in [5, 5.41) is 22.9. The minimum absolute atomic E-state index is 0.00427. The molecule has 6 aromatic rings. The Morgan fingerprint density at radius 3 is 2.18 bits per heavy atom. The second kappa shape index (κ2) is 17.7. The number of carbonyl (C=O) groups is 2. The molecule has 14 heteroatoms. The molecular weight excluding hydrogens is 838 g/mol. The van der Waals surface area contributed by atoms with E-state index in [1.165, 1.54) is 12.1 Å². The van der Waals surface area contributed by atoms with Crippen LogP contribution in [0.5, 0.6) is 17.2 Å². The lowest BCUT2D eigenvalue weighted by Crippen LogP contribution is -2.55. The molecule has 6 aromatic carbocycles. The third-order valence-electron chi connectivity index (χ3n) is 10.7. The van der Waals surface area contributed by atoms with Gasteiger partial charge in [0.15, 0.2) is 17.6 Å². The first-order chi connectivity index (χ1) is 29.4. The van der Waals surface area contributed by atoms with Crippen molar-refractivity contribution in [2.24, 2.45) is 0 Å². The topological polar surface area (TPSA) is 155 Å². The van der Waals surface area contributed by atoms with Gasteiger partial charge in [0, 0.05) is 13.0 Å². The highest BCUT2D eigenvalue weighted by Gasteiger charge is 2.41. The number of carboxylic acid groups (broad SMARTS) is 1. The summed E-state index contributed by atoms with van der Waals surface area (Å²) in [7, 11) is -4.24. The number of halogens is 2. The number of amides is 1. The van der Waals surface area contributed by atoms with E-state index in [-0.39, 0.29) is 30.9 Å². The summed E-state index contributed by atoms with van der Waals surface area (Å²) in [6.07, 6.45) is -0.554. The van der Waals surface area contributed by atoms with Crippen molar-refractivity contribution in [2.75, 3.05) is 6.61 Å². The Morgan fingerprint density at radius 1 is 0.836 bits per heavy atom. The number of hydrogen-bond donors (Lipinski definition) is 2. The van der Waals surface area contributed by atoms with Gasteiger partial charge in [-0.25, -0.2) is 13.2 Å². The van der Waals surface area contributed by atoms with E-state index in [0.29, 0.717) is 56.2 Å². The Hall–Kier alpha value is -6.36. The van der Waals surface area contributed by atoms with Crippen LogP contribution < -0.4 is 19.5 Å². The fourth-order valence-corrected chi connectivity index (χ4v) is 9.25. The van der Waals surface area contributed by atoms with Crippen molar-refractivity contribution in [1.82, 2.24) is 9.62 Å². The van der Waals surface area contributed by atoms with E-state index >= 15 is 0 Å². The summed E-state index contributed by atoms with van der Waals surface area (Å²) in [6.45, 7) is 0.322. The number of hydrogen-bond acceptors (Lipinski definition) is 8. The lowest BCUT2D eigenvalue weighted by atomic mass is 9.93. The first-order valence-electron chi connectivity index (χ1n) is 19.3. The third kappa shape index (κ3) is 9.21. The molecule has 3 atom stereocenters. The van der Waals surface area contributed by atoms with Gasteiger partial charge in [0.1, 0.15) is 31.0 Å². The molecule has 2 aliphatic heterocycles. The molecule has 1 amide bonds. The maximum atomic E-state index is 14.3. The Kier molecular flexibility index (Phi) is 12.0. The Labute approximate surface area is 362 Å².